The van der Waals surface area contributed by atoms with Crippen molar-refractivity contribution in [3.63, 3.8) is 0 Å². The molecular formula is C37H46N6O11S3. The molecule has 0 aromatic heterocycles. The first-order valence-electron chi connectivity index (χ1n) is 17.5. The highest BCUT2D eigenvalue weighted by molar-refractivity contribution is 8.84. The van der Waals surface area contributed by atoms with Gasteiger partial charge in [-0.1, -0.05) is 77.8 Å². The predicted molar refractivity (Wildman–Crippen MR) is 218 cm³/mol. The van der Waals surface area contributed by atoms with Crippen LogP contribution in [0.4, 0.5) is 4.79 Å². The van der Waals surface area contributed by atoms with Gasteiger partial charge in [0.15, 0.2) is 28.7 Å². The number of thiocarbonyl (C=S) groups is 1. The van der Waals surface area contributed by atoms with Gasteiger partial charge < -0.3 is 50.0 Å². The lowest BCUT2D eigenvalue weighted by Gasteiger charge is -2.29. The number of rotatable bonds is 18. The molecule has 4 rings (SSSR count). The standard InChI is InChI=1S/C21H27NO5.C16H19N5O6S3/c1-6-21(22-2,16-10-8-7-9-11-16)14-27-20(23)15-12-17(24-3)19(26-5)18(13-15)25-4;17-15(20-21(25)26)18-7-1-2-11(14(22)23)19-16(24)27-10-5-3-9(4-6-10)12-8-13(28)30-29-12/h7-13,22H,6,14H2,1-5H3;3-6,11-12H,1-2,7-8H2,(H,19,24)(H,22,23)(H3,17,18,20). The number of carbonyl (C=O) groups is 3. The molecule has 1 heterocycles. The van der Waals surface area contributed by atoms with Gasteiger partial charge in [-0.25, -0.2) is 24.7 Å². The number of nitrogens with zero attached hydrogens (tertiary/aromatic N) is 2. The number of carbonyl (C=O) groups excluding carboxylic acids is 3. The zero-order valence-electron chi connectivity index (χ0n) is 32.0. The zero-order valence-corrected chi connectivity index (χ0v) is 34.5. The Morgan fingerprint density at radius 3 is 2.23 bits per heavy atom. The van der Waals surface area contributed by atoms with E-state index in [0.29, 0.717) is 22.8 Å². The monoisotopic (exact) mass is 846 g/mol. The van der Waals surface area contributed by atoms with Crippen molar-refractivity contribution in [2.24, 2.45) is 10.7 Å². The molecule has 0 aliphatic carbocycles. The number of nitrogens with two attached hydrogens (primary N) is 2. The van der Waals surface area contributed by atoms with Crippen LogP contribution in [0.3, 0.4) is 0 Å². The molecule has 6 N–H and O–H groups in total. The highest BCUT2D eigenvalue weighted by Crippen LogP contribution is 2.49. The highest BCUT2D eigenvalue weighted by atomic mass is 33.1. The average Bonchev–Trinajstić information content (AvgIpc) is 3.65. The van der Waals surface area contributed by atoms with Crippen molar-refractivity contribution < 1.29 is 53.5 Å². The number of carboxylic acids is 1. The molecule has 20 heteroatoms. The molecule has 3 aromatic rings. The maximum Gasteiger partial charge on any atom is 0.413 e. The molecule has 1 saturated heterocycles. The van der Waals surface area contributed by atoms with E-state index in [-0.39, 0.29) is 42.5 Å². The second-order valence-electron chi connectivity index (χ2n) is 12.2. The van der Waals surface area contributed by atoms with Gasteiger partial charge in [0.2, 0.25) is 5.75 Å². The number of methoxy groups -OCH3 is 3. The van der Waals surface area contributed by atoms with Crippen LogP contribution < -0.4 is 45.8 Å². The number of carboxylic acid groups (broad SMARTS) is 1. The second-order valence-corrected chi connectivity index (χ2v) is 15.4. The maximum absolute atomic E-state index is 12.7. The van der Waals surface area contributed by atoms with E-state index in [0.717, 1.165) is 28.2 Å². The van der Waals surface area contributed by atoms with E-state index >= 15 is 0 Å². The van der Waals surface area contributed by atoms with Crippen molar-refractivity contribution in [2.75, 3.05) is 41.5 Å². The predicted octanol–water partition coefficient (Wildman–Crippen LogP) is 3.29. The lowest BCUT2D eigenvalue weighted by Crippen LogP contribution is -2.92. The number of nitro groups is 1. The Morgan fingerprint density at radius 1 is 1.07 bits per heavy atom. The Balaban J connectivity index is 0.000000307. The minimum Gasteiger partial charge on any atom is -0.548 e. The highest BCUT2D eigenvalue weighted by Gasteiger charge is 2.35. The minimum absolute atomic E-state index is 0.0234. The van der Waals surface area contributed by atoms with Crippen LogP contribution in [0.5, 0.6) is 23.0 Å². The summed E-state index contributed by atoms with van der Waals surface area (Å²) in [5.41, 5.74) is 9.09. The molecule has 3 aromatic carbocycles. The quantitative estimate of drug-likeness (QED) is 0.0210. The summed E-state index contributed by atoms with van der Waals surface area (Å²) in [4.78, 5) is 49.8. The van der Waals surface area contributed by atoms with Gasteiger partial charge in [-0.2, -0.15) is 0 Å². The molecule has 308 valence electrons. The lowest BCUT2D eigenvalue weighted by atomic mass is 9.88. The second kappa shape index (κ2) is 23.0. The van der Waals surface area contributed by atoms with E-state index < -0.39 is 35.1 Å². The fourth-order valence-electron chi connectivity index (χ4n) is 5.50. The van der Waals surface area contributed by atoms with E-state index in [1.165, 1.54) is 21.3 Å². The van der Waals surface area contributed by atoms with Crippen molar-refractivity contribution in [2.45, 2.75) is 49.4 Å². The molecule has 0 spiro atoms. The summed E-state index contributed by atoms with van der Waals surface area (Å²) in [6.07, 6.45) is 0.836. The van der Waals surface area contributed by atoms with Crippen LogP contribution in [-0.4, -0.2) is 80.8 Å². The van der Waals surface area contributed by atoms with Gasteiger partial charge in [-0.3, -0.25) is 0 Å². The molecule has 0 radical (unpaired) electrons. The summed E-state index contributed by atoms with van der Waals surface area (Å²) in [5, 5.41) is 25.1. The number of likely N-dealkylation sites (N-methyl/N-ethyl adjacent to an activating group) is 1. The van der Waals surface area contributed by atoms with E-state index in [4.69, 9.17) is 41.6 Å². The van der Waals surface area contributed by atoms with E-state index in [2.05, 4.69) is 34.7 Å². The summed E-state index contributed by atoms with van der Waals surface area (Å²) < 4.78 is 27.6. The number of hydrogen-bond donors (Lipinski definition) is 4. The van der Waals surface area contributed by atoms with Crippen molar-refractivity contribution >= 4 is 62.0 Å². The number of benzene rings is 3. The number of aliphatic imine (C=N–C) groups is 1. The van der Waals surface area contributed by atoms with E-state index in [1.54, 1.807) is 51.3 Å². The topological polar surface area (TPSA) is 243 Å². The van der Waals surface area contributed by atoms with Crippen LogP contribution in [0.25, 0.3) is 0 Å². The van der Waals surface area contributed by atoms with Gasteiger partial charge in [0, 0.05) is 30.2 Å². The normalized spacial score (nSPS) is 15.1. The molecule has 1 fully saturated rings. The fourth-order valence-corrected chi connectivity index (χ4v) is 8.60. The first-order valence-corrected chi connectivity index (χ1v) is 20.1. The Morgan fingerprint density at radius 2 is 1.72 bits per heavy atom. The largest absolute Gasteiger partial charge is 0.548 e. The molecule has 17 nitrogen and oxygen atoms in total. The van der Waals surface area contributed by atoms with Gasteiger partial charge in [0.05, 0.1) is 50.1 Å². The number of guanidine groups is 1. The van der Waals surface area contributed by atoms with Gasteiger partial charge in [0.25, 0.3) is 5.96 Å². The third kappa shape index (κ3) is 14.0. The van der Waals surface area contributed by atoms with Crippen LogP contribution in [0.1, 0.15) is 59.3 Å². The first kappa shape index (κ1) is 46.1. The number of hydrogen-bond acceptors (Lipinski definition) is 15. The smallest absolute Gasteiger partial charge is 0.413 e. The minimum atomic E-state index is -1.49. The van der Waals surface area contributed by atoms with Crippen molar-refractivity contribution in [1.82, 2.24) is 10.7 Å². The van der Waals surface area contributed by atoms with Crippen LogP contribution in [-0.2, 0) is 15.1 Å². The van der Waals surface area contributed by atoms with Gasteiger partial charge in [-0.05, 0) is 53.5 Å². The number of amides is 1. The number of ether oxygens (including phenoxy) is 5. The molecule has 1 aliphatic heterocycles. The summed E-state index contributed by atoms with van der Waals surface area (Å²) in [5.74, 6) is -0.816. The van der Waals surface area contributed by atoms with Gasteiger partial charge in [-0.15, -0.1) is 0 Å². The Hall–Kier alpha value is -5.31. The van der Waals surface area contributed by atoms with Crippen molar-refractivity contribution in [1.29, 1.82) is 0 Å². The summed E-state index contributed by atoms with van der Waals surface area (Å²) in [7, 11) is 9.79. The van der Waals surface area contributed by atoms with E-state index in [9.17, 15) is 29.6 Å². The van der Waals surface area contributed by atoms with Gasteiger partial charge >= 0.3 is 12.1 Å². The summed E-state index contributed by atoms with van der Waals surface area (Å²) >= 11 is 5.18. The maximum atomic E-state index is 12.7. The van der Waals surface area contributed by atoms with Crippen LogP contribution in [0, 0.1) is 10.1 Å². The van der Waals surface area contributed by atoms with Crippen LogP contribution in [0.15, 0.2) is 71.7 Å². The Kier molecular flexibility index (Phi) is 18.6. The SMILES string of the molecule is CCC(COC(=O)c1cc(OC)c(OC)c(OC)c1)([NH2+]C)c1ccccc1.NC(=NCCCC(NC(=O)Oc1ccc(C2CC(=S)SS2)cc1)C(=O)[O-])N[N+](=O)[O-]. The number of nitrogens with one attached hydrogen (secondary N) is 2. The first-order chi connectivity index (χ1) is 27.3. The average molecular weight is 847 g/mol. The molecule has 3 unspecified atom stereocenters. The number of esters is 1. The summed E-state index contributed by atoms with van der Waals surface area (Å²) in [6.45, 7) is 2.36. The number of quaternary nitrogens is 1. The molecular weight excluding hydrogens is 801 g/mol. The molecule has 1 amide bonds. The van der Waals surface area contributed by atoms with Gasteiger partial charge in [0.1, 0.15) is 5.75 Å². The summed E-state index contributed by atoms with van der Waals surface area (Å²) in [6, 6.07) is 18.8. The molecule has 0 saturated carbocycles. The van der Waals surface area contributed by atoms with Crippen LogP contribution >= 0.6 is 33.8 Å². The van der Waals surface area contributed by atoms with Crippen molar-refractivity contribution in [3.05, 3.63) is 93.5 Å². The molecule has 57 heavy (non-hydrogen) atoms. The number of hydrazine groups is 1. The number of aliphatic carboxylic acids is 1. The third-order valence-corrected chi connectivity index (χ3v) is 12.1. The molecule has 0 bridgehead atoms. The van der Waals surface area contributed by atoms with Crippen molar-refractivity contribution in [3.8, 4) is 23.0 Å². The fraction of sp³-hybridized carbons (Fsp3) is 0.378. The van der Waals surface area contributed by atoms with E-state index in [1.807, 2.05) is 37.4 Å². The molecule has 3 atom stereocenters. The third-order valence-electron chi connectivity index (χ3n) is 8.68. The Labute approximate surface area is 343 Å². The molecule has 1 aliphatic rings. The lowest BCUT2D eigenvalue weighted by molar-refractivity contribution is -0.715. The van der Waals surface area contributed by atoms with Crippen LogP contribution in [0.2, 0.25) is 0 Å². The zero-order chi connectivity index (χ0) is 42.0. The Bertz CT molecular complexity index is 1840.